The predicted octanol–water partition coefficient (Wildman–Crippen LogP) is 4.89. The Morgan fingerprint density at radius 2 is 1.77 bits per heavy atom. The maximum Gasteiger partial charge on any atom is 0.123 e. The Labute approximate surface area is 156 Å². The second-order valence-corrected chi connectivity index (χ2v) is 7.14. The van der Waals surface area contributed by atoms with Crippen molar-refractivity contribution in [2.24, 2.45) is 0 Å². The van der Waals surface area contributed by atoms with Crippen molar-refractivity contribution in [1.82, 2.24) is 0 Å². The monoisotopic (exact) mass is 360 g/mol. The van der Waals surface area contributed by atoms with Crippen LogP contribution in [0.25, 0.3) is 0 Å². The van der Waals surface area contributed by atoms with Gasteiger partial charge in [-0.25, -0.2) is 4.39 Å². The smallest absolute Gasteiger partial charge is 0.123 e. The van der Waals surface area contributed by atoms with E-state index in [1.807, 2.05) is 0 Å². The number of hydrogen-bond acceptors (Lipinski definition) is 3. The molecular formula is C22H29FO3. The van der Waals surface area contributed by atoms with Gasteiger partial charge in [0, 0.05) is 13.0 Å². The maximum absolute atomic E-state index is 12.9. The van der Waals surface area contributed by atoms with Gasteiger partial charge in [-0.1, -0.05) is 12.3 Å². The molecule has 0 amide bonds. The van der Waals surface area contributed by atoms with E-state index in [0.717, 1.165) is 45.1 Å². The SMILES string of the molecule is Fc1ccc(OC[C@@H]2CCCC[C@@H](C#CCCC3CCCCO3)O2)cc1. The molecule has 3 rings (SSSR count). The molecule has 0 saturated carbocycles. The van der Waals surface area contributed by atoms with Crippen molar-refractivity contribution in [2.75, 3.05) is 13.2 Å². The molecule has 0 bridgehead atoms. The molecule has 0 spiro atoms. The standard InChI is InChI=1S/C22H29FO3/c23-18-12-14-20(15-13-18)25-17-22-11-4-3-10-21(26-22)9-2-1-7-19-8-5-6-16-24-19/h12-15,19,21-22H,1,3-8,10-11,16-17H2/t19?,21-,22+/m1/s1. The van der Waals surface area contributed by atoms with Crippen LogP contribution in [0.4, 0.5) is 4.39 Å². The lowest BCUT2D eigenvalue weighted by molar-refractivity contribution is -0.00481. The van der Waals surface area contributed by atoms with Gasteiger partial charge in [-0.3, -0.25) is 0 Å². The Morgan fingerprint density at radius 1 is 1.00 bits per heavy atom. The molecule has 1 unspecified atom stereocenters. The van der Waals surface area contributed by atoms with E-state index in [-0.39, 0.29) is 18.0 Å². The molecular weight excluding hydrogens is 331 g/mol. The zero-order chi connectivity index (χ0) is 18.0. The molecule has 0 radical (unpaired) electrons. The van der Waals surface area contributed by atoms with E-state index in [2.05, 4.69) is 11.8 Å². The number of rotatable bonds is 5. The van der Waals surface area contributed by atoms with Crippen LogP contribution in [-0.4, -0.2) is 31.5 Å². The normalized spacial score (nSPS) is 26.4. The highest BCUT2D eigenvalue weighted by Crippen LogP contribution is 2.20. The molecule has 1 aromatic rings. The first-order chi connectivity index (χ1) is 12.8. The fourth-order valence-corrected chi connectivity index (χ4v) is 3.47. The van der Waals surface area contributed by atoms with Gasteiger partial charge in [-0.15, -0.1) is 5.92 Å². The summed E-state index contributed by atoms with van der Waals surface area (Å²) in [5, 5.41) is 0. The van der Waals surface area contributed by atoms with E-state index in [1.165, 1.54) is 31.4 Å². The molecule has 0 aromatic heterocycles. The minimum atomic E-state index is -0.253. The lowest BCUT2D eigenvalue weighted by atomic mass is 10.0. The largest absolute Gasteiger partial charge is 0.491 e. The third-order valence-corrected chi connectivity index (χ3v) is 4.98. The van der Waals surface area contributed by atoms with Crippen LogP contribution in [0.3, 0.4) is 0 Å². The lowest BCUT2D eigenvalue weighted by Crippen LogP contribution is -2.25. The van der Waals surface area contributed by atoms with Crippen LogP contribution in [-0.2, 0) is 9.47 Å². The van der Waals surface area contributed by atoms with Crippen molar-refractivity contribution in [2.45, 2.75) is 76.1 Å². The summed E-state index contributed by atoms with van der Waals surface area (Å²) >= 11 is 0. The van der Waals surface area contributed by atoms with Crippen molar-refractivity contribution in [1.29, 1.82) is 0 Å². The molecule has 26 heavy (non-hydrogen) atoms. The molecule has 3 atom stereocenters. The first kappa shape index (κ1) is 19.2. The number of benzene rings is 1. The summed E-state index contributed by atoms with van der Waals surface area (Å²) in [6.07, 6.45) is 10.2. The number of hydrogen-bond donors (Lipinski definition) is 0. The summed E-state index contributed by atoms with van der Waals surface area (Å²) in [4.78, 5) is 0. The molecule has 3 nitrogen and oxygen atoms in total. The molecule has 0 aliphatic carbocycles. The Balaban J connectivity index is 1.41. The second kappa shape index (κ2) is 10.5. The summed E-state index contributed by atoms with van der Waals surface area (Å²) in [6.45, 7) is 1.39. The summed E-state index contributed by atoms with van der Waals surface area (Å²) in [5.74, 6) is 7.02. The summed E-state index contributed by atoms with van der Waals surface area (Å²) in [7, 11) is 0. The second-order valence-electron chi connectivity index (χ2n) is 7.14. The highest BCUT2D eigenvalue weighted by atomic mass is 19.1. The van der Waals surface area contributed by atoms with Crippen molar-refractivity contribution in [3.63, 3.8) is 0 Å². The van der Waals surface area contributed by atoms with Crippen LogP contribution in [0.2, 0.25) is 0 Å². The number of ether oxygens (including phenoxy) is 3. The predicted molar refractivity (Wildman–Crippen MR) is 99.6 cm³/mol. The Kier molecular flexibility index (Phi) is 7.79. The Bertz CT molecular complexity index is 584. The molecule has 2 saturated heterocycles. The summed E-state index contributed by atoms with van der Waals surface area (Å²) in [6, 6.07) is 6.12. The van der Waals surface area contributed by atoms with E-state index >= 15 is 0 Å². The van der Waals surface area contributed by atoms with E-state index in [0.29, 0.717) is 18.5 Å². The average Bonchev–Trinajstić information content (AvgIpc) is 2.91. The topological polar surface area (TPSA) is 27.7 Å². The molecule has 2 heterocycles. The highest BCUT2D eigenvalue weighted by molar-refractivity contribution is 5.22. The van der Waals surface area contributed by atoms with Gasteiger partial charge in [0.05, 0.1) is 12.2 Å². The van der Waals surface area contributed by atoms with Crippen LogP contribution >= 0.6 is 0 Å². The fraction of sp³-hybridized carbons (Fsp3) is 0.636. The average molecular weight is 360 g/mol. The zero-order valence-electron chi connectivity index (χ0n) is 15.4. The first-order valence-corrected chi connectivity index (χ1v) is 9.93. The minimum absolute atomic E-state index is 0.00779. The highest BCUT2D eigenvalue weighted by Gasteiger charge is 2.20. The van der Waals surface area contributed by atoms with Gasteiger partial charge < -0.3 is 14.2 Å². The molecule has 2 aliphatic heterocycles. The van der Waals surface area contributed by atoms with Gasteiger partial charge >= 0.3 is 0 Å². The van der Waals surface area contributed by atoms with Crippen LogP contribution in [0.15, 0.2) is 24.3 Å². The Morgan fingerprint density at radius 3 is 2.58 bits per heavy atom. The van der Waals surface area contributed by atoms with Crippen LogP contribution in [0.1, 0.15) is 57.8 Å². The molecule has 0 N–H and O–H groups in total. The fourth-order valence-electron chi connectivity index (χ4n) is 3.47. The summed E-state index contributed by atoms with van der Waals surface area (Å²) in [5.41, 5.74) is 0. The molecule has 4 heteroatoms. The quantitative estimate of drug-likeness (QED) is 0.700. The lowest BCUT2D eigenvalue weighted by Gasteiger charge is -2.21. The zero-order valence-corrected chi connectivity index (χ0v) is 15.4. The van der Waals surface area contributed by atoms with Gasteiger partial charge in [0.2, 0.25) is 0 Å². The van der Waals surface area contributed by atoms with Gasteiger partial charge in [-0.05, 0) is 69.2 Å². The third-order valence-electron chi connectivity index (χ3n) is 4.98. The van der Waals surface area contributed by atoms with E-state index < -0.39 is 0 Å². The molecule has 1 aromatic carbocycles. The molecule has 2 aliphatic rings. The van der Waals surface area contributed by atoms with Gasteiger partial charge in [0.25, 0.3) is 0 Å². The number of halogens is 1. The van der Waals surface area contributed by atoms with Crippen molar-refractivity contribution in [3.05, 3.63) is 30.1 Å². The molecule has 142 valence electrons. The first-order valence-electron chi connectivity index (χ1n) is 9.93. The van der Waals surface area contributed by atoms with Crippen LogP contribution in [0.5, 0.6) is 5.75 Å². The third kappa shape index (κ3) is 6.63. The van der Waals surface area contributed by atoms with E-state index in [9.17, 15) is 4.39 Å². The summed E-state index contributed by atoms with van der Waals surface area (Å²) < 4.78 is 30.6. The van der Waals surface area contributed by atoms with Crippen LogP contribution < -0.4 is 4.74 Å². The van der Waals surface area contributed by atoms with E-state index in [1.54, 1.807) is 12.1 Å². The van der Waals surface area contributed by atoms with E-state index in [4.69, 9.17) is 14.2 Å². The van der Waals surface area contributed by atoms with Crippen molar-refractivity contribution in [3.8, 4) is 17.6 Å². The molecule has 2 fully saturated rings. The maximum atomic E-state index is 12.9. The van der Waals surface area contributed by atoms with Crippen molar-refractivity contribution < 1.29 is 18.6 Å². The van der Waals surface area contributed by atoms with Gasteiger partial charge in [0.15, 0.2) is 0 Å². The Hall–Kier alpha value is -1.57. The van der Waals surface area contributed by atoms with Crippen molar-refractivity contribution >= 4 is 0 Å². The van der Waals surface area contributed by atoms with Gasteiger partial charge in [0.1, 0.15) is 24.3 Å². The van der Waals surface area contributed by atoms with Crippen LogP contribution in [0, 0.1) is 17.7 Å². The minimum Gasteiger partial charge on any atom is -0.491 e. The van der Waals surface area contributed by atoms with Gasteiger partial charge in [-0.2, -0.15) is 0 Å².